The summed E-state index contributed by atoms with van der Waals surface area (Å²) in [7, 11) is -4.20. The standard InChI is InChI=1S/C11H8F2N2O3S/c12-7-3-8(13)5-9(4-7)15-19(17,18)11-6-14-2-1-10(11)16/h1-6,15H,(H,14,16). The molecule has 0 saturated heterocycles. The summed E-state index contributed by atoms with van der Waals surface area (Å²) in [5.41, 5.74) is -1.04. The fraction of sp³-hybridized carbons (Fsp3) is 0. The summed E-state index contributed by atoms with van der Waals surface area (Å²) in [5.74, 6) is -1.86. The van der Waals surface area contributed by atoms with E-state index in [9.17, 15) is 22.0 Å². The number of aromatic amines is 1. The molecule has 1 heterocycles. The van der Waals surface area contributed by atoms with Crippen LogP contribution in [-0.2, 0) is 10.0 Å². The minimum absolute atomic E-state index is 0.305. The summed E-state index contributed by atoms with van der Waals surface area (Å²) < 4.78 is 51.6. The van der Waals surface area contributed by atoms with Crippen molar-refractivity contribution >= 4 is 15.7 Å². The molecular formula is C11H8F2N2O3S. The number of nitrogens with one attached hydrogen (secondary N) is 2. The Kier molecular flexibility index (Phi) is 3.34. The van der Waals surface area contributed by atoms with Gasteiger partial charge in [-0.1, -0.05) is 0 Å². The molecule has 2 N–H and O–H groups in total. The lowest BCUT2D eigenvalue weighted by Gasteiger charge is -2.07. The van der Waals surface area contributed by atoms with Crippen LogP contribution < -0.4 is 10.2 Å². The minimum atomic E-state index is -4.20. The van der Waals surface area contributed by atoms with Crippen LogP contribution in [0.15, 0.2) is 46.3 Å². The maximum absolute atomic E-state index is 12.9. The smallest absolute Gasteiger partial charge is 0.267 e. The normalized spacial score (nSPS) is 11.3. The third-order valence-electron chi connectivity index (χ3n) is 2.19. The van der Waals surface area contributed by atoms with Crippen molar-refractivity contribution in [1.29, 1.82) is 0 Å². The predicted molar refractivity (Wildman–Crippen MR) is 64.2 cm³/mol. The number of hydrogen-bond acceptors (Lipinski definition) is 3. The molecule has 0 atom stereocenters. The number of aromatic nitrogens is 1. The Morgan fingerprint density at radius 1 is 1.11 bits per heavy atom. The van der Waals surface area contributed by atoms with E-state index in [1.807, 2.05) is 4.72 Å². The van der Waals surface area contributed by atoms with Crippen molar-refractivity contribution in [3.63, 3.8) is 0 Å². The van der Waals surface area contributed by atoms with E-state index in [4.69, 9.17) is 0 Å². The molecule has 5 nitrogen and oxygen atoms in total. The van der Waals surface area contributed by atoms with Gasteiger partial charge in [-0.2, -0.15) is 0 Å². The molecular weight excluding hydrogens is 278 g/mol. The Morgan fingerprint density at radius 3 is 2.32 bits per heavy atom. The van der Waals surface area contributed by atoms with Crippen LogP contribution in [0.1, 0.15) is 0 Å². The van der Waals surface area contributed by atoms with E-state index in [1.165, 1.54) is 6.20 Å². The van der Waals surface area contributed by atoms with Crippen LogP contribution in [0.3, 0.4) is 0 Å². The zero-order valence-electron chi connectivity index (χ0n) is 9.35. The highest BCUT2D eigenvalue weighted by Gasteiger charge is 2.18. The molecule has 0 unspecified atom stereocenters. The molecule has 0 aliphatic rings. The number of rotatable bonds is 3. The Labute approximate surface area is 107 Å². The van der Waals surface area contributed by atoms with E-state index in [0.717, 1.165) is 24.4 Å². The van der Waals surface area contributed by atoms with Crippen LogP contribution in [0.4, 0.5) is 14.5 Å². The average molecular weight is 286 g/mol. The number of anilines is 1. The van der Waals surface area contributed by atoms with E-state index in [0.29, 0.717) is 6.07 Å². The molecule has 1 aromatic heterocycles. The Morgan fingerprint density at radius 2 is 1.74 bits per heavy atom. The largest absolute Gasteiger partial charge is 0.366 e. The number of sulfonamides is 1. The van der Waals surface area contributed by atoms with Crippen LogP contribution in [0.5, 0.6) is 0 Å². The summed E-state index contributed by atoms with van der Waals surface area (Å²) in [5, 5.41) is 0. The number of benzene rings is 1. The Hall–Kier alpha value is -2.22. The first-order valence-electron chi connectivity index (χ1n) is 5.04. The first-order chi connectivity index (χ1) is 8.88. The van der Waals surface area contributed by atoms with Gasteiger partial charge < -0.3 is 4.98 Å². The molecule has 0 saturated carbocycles. The summed E-state index contributed by atoms with van der Waals surface area (Å²) in [6, 6.07) is 3.24. The van der Waals surface area contributed by atoms with Crippen LogP contribution in [0.2, 0.25) is 0 Å². The lowest BCUT2D eigenvalue weighted by Crippen LogP contribution is -2.21. The summed E-state index contributed by atoms with van der Waals surface area (Å²) >= 11 is 0. The second-order valence-electron chi connectivity index (χ2n) is 3.64. The van der Waals surface area contributed by atoms with Gasteiger partial charge in [-0.25, -0.2) is 17.2 Å². The first-order valence-corrected chi connectivity index (χ1v) is 6.53. The second kappa shape index (κ2) is 4.81. The van der Waals surface area contributed by atoms with E-state index in [2.05, 4.69) is 4.98 Å². The number of halogens is 2. The van der Waals surface area contributed by atoms with E-state index >= 15 is 0 Å². The van der Waals surface area contributed by atoms with E-state index in [-0.39, 0.29) is 5.69 Å². The zero-order chi connectivity index (χ0) is 14.0. The highest BCUT2D eigenvalue weighted by atomic mass is 32.2. The minimum Gasteiger partial charge on any atom is -0.366 e. The van der Waals surface area contributed by atoms with Crippen molar-refractivity contribution < 1.29 is 17.2 Å². The highest BCUT2D eigenvalue weighted by molar-refractivity contribution is 7.92. The van der Waals surface area contributed by atoms with Gasteiger partial charge in [-0.3, -0.25) is 9.52 Å². The van der Waals surface area contributed by atoms with Gasteiger partial charge in [0.25, 0.3) is 10.0 Å². The quantitative estimate of drug-likeness (QED) is 0.896. The van der Waals surface area contributed by atoms with Crippen molar-refractivity contribution in [2.24, 2.45) is 0 Å². The number of hydrogen-bond donors (Lipinski definition) is 2. The summed E-state index contributed by atoms with van der Waals surface area (Å²) in [4.78, 5) is 13.3. The van der Waals surface area contributed by atoms with Crippen molar-refractivity contribution in [2.45, 2.75) is 4.90 Å². The van der Waals surface area contributed by atoms with E-state index < -0.39 is 32.0 Å². The Balaban J connectivity index is 2.42. The monoisotopic (exact) mass is 286 g/mol. The maximum Gasteiger partial charge on any atom is 0.267 e. The van der Waals surface area contributed by atoms with Gasteiger partial charge in [0, 0.05) is 24.5 Å². The van der Waals surface area contributed by atoms with Gasteiger partial charge in [-0.05, 0) is 12.1 Å². The van der Waals surface area contributed by atoms with Crippen molar-refractivity contribution in [3.05, 3.63) is 58.5 Å². The molecule has 0 spiro atoms. The van der Waals surface area contributed by atoms with Gasteiger partial charge in [0.1, 0.15) is 11.6 Å². The molecule has 1 aromatic carbocycles. The Bertz CT molecular complexity index is 751. The summed E-state index contributed by atoms with van der Waals surface area (Å²) in [6.45, 7) is 0. The van der Waals surface area contributed by atoms with Gasteiger partial charge >= 0.3 is 0 Å². The van der Waals surface area contributed by atoms with Gasteiger partial charge in [0.15, 0.2) is 4.90 Å². The maximum atomic E-state index is 12.9. The van der Waals surface area contributed by atoms with Crippen molar-refractivity contribution in [3.8, 4) is 0 Å². The molecule has 2 rings (SSSR count). The molecule has 0 fully saturated rings. The van der Waals surface area contributed by atoms with Crippen LogP contribution in [0, 0.1) is 11.6 Å². The van der Waals surface area contributed by atoms with Crippen molar-refractivity contribution in [1.82, 2.24) is 4.98 Å². The topological polar surface area (TPSA) is 79.0 Å². The molecule has 0 aliphatic carbocycles. The molecule has 0 radical (unpaired) electrons. The average Bonchev–Trinajstić information content (AvgIpc) is 2.26. The zero-order valence-corrected chi connectivity index (χ0v) is 10.2. The van der Waals surface area contributed by atoms with Crippen LogP contribution >= 0.6 is 0 Å². The third kappa shape index (κ3) is 2.97. The van der Waals surface area contributed by atoms with Crippen LogP contribution in [0.25, 0.3) is 0 Å². The number of H-pyrrole nitrogens is 1. The predicted octanol–water partition coefficient (Wildman–Crippen LogP) is 1.45. The van der Waals surface area contributed by atoms with Crippen molar-refractivity contribution in [2.75, 3.05) is 4.72 Å². The van der Waals surface area contributed by atoms with Gasteiger partial charge in [0.2, 0.25) is 5.43 Å². The third-order valence-corrected chi connectivity index (χ3v) is 3.59. The van der Waals surface area contributed by atoms with Gasteiger partial charge in [-0.15, -0.1) is 0 Å². The molecule has 0 bridgehead atoms. The molecule has 2 aromatic rings. The molecule has 100 valence electrons. The first kappa shape index (κ1) is 13.2. The summed E-state index contributed by atoms with van der Waals surface area (Å²) in [6.07, 6.45) is 2.25. The molecule has 19 heavy (non-hydrogen) atoms. The lowest BCUT2D eigenvalue weighted by atomic mass is 10.3. The SMILES string of the molecule is O=c1cc[nH]cc1S(=O)(=O)Nc1cc(F)cc(F)c1. The molecule has 0 amide bonds. The molecule has 0 aliphatic heterocycles. The van der Waals surface area contributed by atoms with Gasteiger partial charge in [0.05, 0.1) is 5.69 Å². The fourth-order valence-electron chi connectivity index (χ4n) is 1.43. The fourth-order valence-corrected chi connectivity index (χ4v) is 2.53. The van der Waals surface area contributed by atoms with E-state index in [1.54, 1.807) is 0 Å². The number of pyridine rings is 1. The second-order valence-corrected chi connectivity index (χ2v) is 5.29. The molecule has 8 heteroatoms. The lowest BCUT2D eigenvalue weighted by molar-refractivity contribution is 0.584. The van der Waals surface area contributed by atoms with Crippen LogP contribution in [-0.4, -0.2) is 13.4 Å². The highest BCUT2D eigenvalue weighted by Crippen LogP contribution is 2.16.